The van der Waals surface area contributed by atoms with E-state index in [-0.39, 0.29) is 17.7 Å². The second-order valence-electron chi connectivity index (χ2n) is 21.0. The minimum atomic E-state index is -0.127. The number of nitrogens with one attached hydrogen (secondary N) is 3. The Bertz CT molecular complexity index is 3770. The fraction of sp³-hybridized carbons (Fsp3) is 0.197. The molecule has 0 bridgehead atoms. The monoisotopic (exact) mass is 1210 g/mol. The van der Waals surface area contributed by atoms with Crippen molar-refractivity contribution in [3.05, 3.63) is 276 Å². The standard InChI is InChI=1S/C27H26N4OS.2C22H23N3OS/c1-20(2)31(24-9-4-3-5-10-24)25-13-11-23(12-14-25)30-27(32)22-8-6-7-21(17-22)19-33-26-18-28-15-16-29-26;1-15(2)20-8-7-19(11-16(20)3)25-22(26)18-6-4-5-17(12-18)14-27-21-13-23-9-10-24-21;1-3-16(2)18-7-9-20(10-8-18)25-22(26)19-6-4-5-17(13-19)15-27-21-14-23-11-12-24-21/h3-18,20H,19H2,1-2H3,(H,30,32);4-13,15H,14H2,1-3H3,(H,25,26);4-14,16H,3,15H2,1-2H3,(H,25,26). The van der Waals surface area contributed by atoms with Crippen LogP contribution in [-0.4, -0.2) is 53.7 Å². The van der Waals surface area contributed by atoms with Crippen LogP contribution in [0.4, 0.5) is 28.4 Å². The molecule has 13 nitrogen and oxygen atoms in total. The highest BCUT2D eigenvalue weighted by Crippen LogP contribution is 2.30. The Kier molecular flexibility index (Phi) is 24.4. The van der Waals surface area contributed by atoms with E-state index in [0.717, 1.165) is 83.9 Å². The van der Waals surface area contributed by atoms with Crippen LogP contribution in [0.25, 0.3) is 0 Å². The second-order valence-corrected chi connectivity index (χ2v) is 24.0. The largest absolute Gasteiger partial charge is 0.339 e. The first-order chi connectivity index (χ1) is 42.3. The molecule has 1 atom stereocenters. The zero-order valence-electron chi connectivity index (χ0n) is 50.0. The molecule has 1 unspecified atom stereocenters. The average Bonchev–Trinajstić information content (AvgIpc) is 3.71. The number of thioether (sulfide) groups is 3. The van der Waals surface area contributed by atoms with Crippen molar-refractivity contribution in [2.24, 2.45) is 0 Å². The van der Waals surface area contributed by atoms with Crippen LogP contribution in [0.3, 0.4) is 0 Å². The maximum absolute atomic E-state index is 12.8. The van der Waals surface area contributed by atoms with Crippen LogP contribution in [0.15, 0.2) is 241 Å². The van der Waals surface area contributed by atoms with Crippen molar-refractivity contribution >= 4 is 81.4 Å². The van der Waals surface area contributed by atoms with Gasteiger partial charge in [-0.2, -0.15) is 0 Å². The number of amides is 3. The molecule has 7 aromatic carbocycles. The van der Waals surface area contributed by atoms with Crippen molar-refractivity contribution in [2.75, 3.05) is 20.9 Å². The van der Waals surface area contributed by atoms with Gasteiger partial charge < -0.3 is 20.9 Å². The Morgan fingerprint density at radius 2 is 0.851 bits per heavy atom. The lowest BCUT2D eigenvalue weighted by Gasteiger charge is -2.29. The van der Waals surface area contributed by atoms with Gasteiger partial charge in [0.15, 0.2) is 0 Å². The highest BCUT2D eigenvalue weighted by Gasteiger charge is 2.15. The van der Waals surface area contributed by atoms with Gasteiger partial charge >= 0.3 is 0 Å². The van der Waals surface area contributed by atoms with E-state index >= 15 is 0 Å². The number of benzene rings is 7. The number of carbonyl (C=O) groups is 3. The minimum absolute atomic E-state index is 0.0990. The molecule has 3 amide bonds. The van der Waals surface area contributed by atoms with Gasteiger partial charge in [-0.25, -0.2) is 15.0 Å². The van der Waals surface area contributed by atoms with Crippen LogP contribution in [-0.2, 0) is 17.3 Å². The number of anilines is 5. The summed E-state index contributed by atoms with van der Waals surface area (Å²) in [7, 11) is 0. The summed E-state index contributed by atoms with van der Waals surface area (Å²) in [6.07, 6.45) is 16.3. The first-order valence-corrected chi connectivity index (χ1v) is 31.8. The van der Waals surface area contributed by atoms with Crippen LogP contribution >= 0.6 is 35.3 Å². The number of rotatable bonds is 21. The number of nitrogens with zero attached hydrogens (tertiary/aromatic N) is 7. The number of hydrogen-bond donors (Lipinski definition) is 3. The molecule has 0 spiro atoms. The summed E-state index contributed by atoms with van der Waals surface area (Å²) in [5.74, 6) is 2.87. The van der Waals surface area contributed by atoms with Gasteiger partial charge in [-0.05, 0) is 169 Å². The van der Waals surface area contributed by atoms with Gasteiger partial charge in [0.2, 0.25) is 0 Å². The lowest BCUT2D eigenvalue weighted by atomic mass is 9.97. The highest BCUT2D eigenvalue weighted by molar-refractivity contribution is 7.98. The Balaban J connectivity index is 0.000000171. The molecule has 0 fully saturated rings. The van der Waals surface area contributed by atoms with Gasteiger partial charge in [0.1, 0.15) is 15.1 Å². The maximum Gasteiger partial charge on any atom is 0.255 e. The van der Waals surface area contributed by atoms with Crippen molar-refractivity contribution in [2.45, 2.75) is 105 Å². The summed E-state index contributed by atoms with van der Waals surface area (Å²) in [5, 5.41) is 11.6. The molecule has 16 heteroatoms. The summed E-state index contributed by atoms with van der Waals surface area (Å²) in [4.78, 5) is 65.3. The predicted molar refractivity (Wildman–Crippen MR) is 359 cm³/mol. The molecule has 0 aliphatic heterocycles. The van der Waals surface area contributed by atoms with Gasteiger partial charge in [0.05, 0.1) is 18.6 Å². The fourth-order valence-corrected chi connectivity index (χ4v) is 11.4. The van der Waals surface area contributed by atoms with Gasteiger partial charge in [-0.15, -0.1) is 35.3 Å². The van der Waals surface area contributed by atoms with E-state index in [0.29, 0.717) is 34.6 Å². The van der Waals surface area contributed by atoms with Crippen molar-refractivity contribution in [3.63, 3.8) is 0 Å². The molecule has 10 rings (SSSR count). The van der Waals surface area contributed by atoms with Gasteiger partial charge in [0, 0.05) is 106 Å². The van der Waals surface area contributed by atoms with E-state index in [4.69, 9.17) is 0 Å². The molecule has 0 aliphatic carbocycles. The van der Waals surface area contributed by atoms with Crippen LogP contribution in [0.2, 0.25) is 0 Å². The van der Waals surface area contributed by atoms with Gasteiger partial charge in [-0.3, -0.25) is 29.3 Å². The highest BCUT2D eigenvalue weighted by atomic mass is 32.2. The summed E-state index contributed by atoms with van der Waals surface area (Å²) in [6.45, 7) is 15.1. The topological polar surface area (TPSA) is 168 Å². The molecule has 3 heterocycles. The third-order valence-electron chi connectivity index (χ3n) is 13.8. The zero-order chi connectivity index (χ0) is 61.3. The molecule has 3 N–H and O–H groups in total. The lowest BCUT2D eigenvalue weighted by Crippen LogP contribution is -2.25. The van der Waals surface area contributed by atoms with Crippen molar-refractivity contribution in [1.29, 1.82) is 0 Å². The number of aryl methyl sites for hydroxylation is 1. The zero-order valence-corrected chi connectivity index (χ0v) is 52.5. The Hall–Kier alpha value is -8.96. The Morgan fingerprint density at radius 3 is 1.23 bits per heavy atom. The van der Waals surface area contributed by atoms with E-state index in [1.165, 1.54) is 16.7 Å². The van der Waals surface area contributed by atoms with E-state index in [2.05, 4.69) is 130 Å². The van der Waals surface area contributed by atoms with Crippen LogP contribution in [0, 0.1) is 6.92 Å². The first-order valence-electron chi connectivity index (χ1n) is 28.8. The maximum atomic E-state index is 12.8. The molecule has 0 radical (unpaired) electrons. The van der Waals surface area contributed by atoms with Gasteiger partial charge in [-0.1, -0.05) is 100 Å². The fourth-order valence-electron chi connectivity index (χ4n) is 9.14. The molecule has 3 aromatic heterocycles. The van der Waals surface area contributed by atoms with E-state index in [1.54, 1.807) is 91.1 Å². The van der Waals surface area contributed by atoms with Crippen LogP contribution < -0.4 is 20.9 Å². The van der Waals surface area contributed by atoms with Crippen molar-refractivity contribution in [3.8, 4) is 0 Å². The number of aromatic nitrogens is 6. The SMILES string of the molecule is CC(C)N(c1ccccc1)c1ccc(NC(=O)c2cccc(CSc3cnccn3)c2)cc1.CCC(C)c1ccc(NC(=O)c2cccc(CSc3cnccn3)c2)cc1.Cc1cc(NC(=O)c2cccc(CSc3cnccn3)c2)ccc1C(C)C. The normalized spacial score (nSPS) is 11.1. The molecular weight excluding hydrogens is 1140 g/mol. The van der Waals surface area contributed by atoms with Crippen LogP contribution in [0.1, 0.15) is 124 Å². The first kappa shape index (κ1) is 64.0. The smallest absolute Gasteiger partial charge is 0.255 e. The number of hydrogen-bond acceptors (Lipinski definition) is 13. The molecule has 0 saturated carbocycles. The lowest BCUT2D eigenvalue weighted by molar-refractivity contribution is 0.101. The quantitative estimate of drug-likeness (QED) is 0.0582. The summed E-state index contributed by atoms with van der Waals surface area (Å²) < 4.78 is 0. The molecule has 0 aliphatic rings. The number of para-hydroxylation sites is 1. The molecular formula is C71H72N10O3S3. The van der Waals surface area contributed by atoms with Crippen molar-refractivity contribution < 1.29 is 14.4 Å². The molecule has 442 valence electrons. The van der Waals surface area contributed by atoms with Crippen molar-refractivity contribution in [1.82, 2.24) is 29.9 Å². The third kappa shape index (κ3) is 20.1. The third-order valence-corrected chi connectivity index (χ3v) is 16.8. The Morgan fingerprint density at radius 1 is 0.448 bits per heavy atom. The summed E-state index contributed by atoms with van der Waals surface area (Å²) in [5.41, 5.74) is 13.5. The van der Waals surface area contributed by atoms with Gasteiger partial charge in [0.25, 0.3) is 17.7 Å². The predicted octanol–water partition coefficient (Wildman–Crippen LogP) is 17.6. The minimum Gasteiger partial charge on any atom is -0.339 e. The second kappa shape index (κ2) is 33.1. The number of carbonyl (C=O) groups excluding carboxylic acids is 3. The van der Waals surface area contributed by atoms with E-state index in [9.17, 15) is 14.4 Å². The van der Waals surface area contributed by atoms with E-state index < -0.39 is 0 Å². The summed E-state index contributed by atoms with van der Waals surface area (Å²) in [6, 6.07) is 55.8. The summed E-state index contributed by atoms with van der Waals surface area (Å²) >= 11 is 4.79. The Labute approximate surface area is 524 Å². The average molecular weight is 1210 g/mol. The molecule has 10 aromatic rings. The van der Waals surface area contributed by atoms with Crippen LogP contribution in [0.5, 0.6) is 0 Å². The van der Waals surface area contributed by atoms with E-state index in [1.807, 2.05) is 140 Å². The molecule has 87 heavy (non-hydrogen) atoms. The molecule has 0 saturated heterocycles.